The predicted octanol–water partition coefficient (Wildman–Crippen LogP) is 2.86. The molecule has 0 bridgehead atoms. The first-order valence-electron chi connectivity index (χ1n) is 7.98. The van der Waals surface area contributed by atoms with Crippen molar-refractivity contribution in [3.63, 3.8) is 0 Å². The molecule has 4 heteroatoms. The number of aliphatic hydroxyl groups is 1. The smallest absolute Gasteiger partial charge is 0.255 e. The first-order chi connectivity index (χ1) is 11.1. The Morgan fingerprint density at radius 1 is 1.04 bits per heavy atom. The normalized spacial score (nSPS) is 19.7. The molecule has 0 saturated heterocycles. The zero-order valence-electron chi connectivity index (χ0n) is 13.3. The van der Waals surface area contributed by atoms with Crippen LogP contribution in [0, 0.1) is 6.92 Å². The number of amides is 1. The van der Waals surface area contributed by atoms with Crippen LogP contribution < -0.4 is 10.6 Å². The minimum Gasteiger partial charge on any atom is -0.396 e. The molecule has 4 nitrogen and oxygen atoms in total. The molecule has 0 fully saturated rings. The summed E-state index contributed by atoms with van der Waals surface area (Å²) < 4.78 is 0. The summed E-state index contributed by atoms with van der Waals surface area (Å²) in [6, 6.07) is 15.9. The zero-order valence-corrected chi connectivity index (χ0v) is 13.3. The number of fused-ring (bicyclic) bond motifs is 1. The van der Waals surface area contributed by atoms with E-state index in [0.717, 1.165) is 11.3 Å². The number of nitrogens with one attached hydrogen (secondary N) is 2. The van der Waals surface area contributed by atoms with Crippen molar-refractivity contribution in [3.05, 3.63) is 65.2 Å². The fraction of sp³-hybridized carbons (Fsp3) is 0.316. The molecule has 120 valence electrons. The Morgan fingerprint density at radius 3 is 2.52 bits per heavy atom. The van der Waals surface area contributed by atoms with Gasteiger partial charge in [0.1, 0.15) is 5.66 Å². The second kappa shape index (κ2) is 6.42. The van der Waals surface area contributed by atoms with Gasteiger partial charge in [-0.1, -0.05) is 42.0 Å². The Kier molecular flexibility index (Phi) is 4.35. The average Bonchev–Trinajstić information content (AvgIpc) is 2.55. The minimum absolute atomic E-state index is 0.0654. The molecule has 0 aromatic heterocycles. The van der Waals surface area contributed by atoms with Crippen molar-refractivity contribution in [2.45, 2.75) is 31.8 Å². The van der Waals surface area contributed by atoms with Gasteiger partial charge in [-0.2, -0.15) is 0 Å². The number of hydrogen-bond acceptors (Lipinski definition) is 3. The number of benzene rings is 2. The van der Waals surface area contributed by atoms with E-state index < -0.39 is 5.66 Å². The Hall–Kier alpha value is -2.33. The molecule has 0 radical (unpaired) electrons. The Morgan fingerprint density at radius 2 is 1.78 bits per heavy atom. The van der Waals surface area contributed by atoms with E-state index >= 15 is 0 Å². The van der Waals surface area contributed by atoms with Crippen LogP contribution in [-0.4, -0.2) is 23.3 Å². The van der Waals surface area contributed by atoms with Crippen LogP contribution in [0.15, 0.2) is 48.5 Å². The highest BCUT2D eigenvalue weighted by atomic mass is 16.3. The molecule has 0 aliphatic carbocycles. The number of aryl methyl sites for hydroxylation is 1. The maximum absolute atomic E-state index is 12.5. The van der Waals surface area contributed by atoms with Crippen LogP contribution in [0.1, 0.15) is 34.3 Å². The molecule has 1 aliphatic heterocycles. The topological polar surface area (TPSA) is 61.4 Å². The van der Waals surface area contributed by atoms with E-state index in [1.165, 1.54) is 5.56 Å². The van der Waals surface area contributed by atoms with E-state index in [1.54, 1.807) is 0 Å². The number of rotatable bonds is 5. The molecule has 3 N–H and O–H groups in total. The summed E-state index contributed by atoms with van der Waals surface area (Å²) >= 11 is 0. The fourth-order valence-corrected chi connectivity index (χ4v) is 3.10. The lowest BCUT2D eigenvalue weighted by molar-refractivity contribution is 0.0889. The molecule has 3 rings (SSSR count). The molecule has 0 saturated carbocycles. The first kappa shape index (κ1) is 15.6. The molecular formula is C19H22N2O2. The fourth-order valence-electron chi connectivity index (χ4n) is 3.10. The highest BCUT2D eigenvalue weighted by Crippen LogP contribution is 2.29. The van der Waals surface area contributed by atoms with Gasteiger partial charge in [0.2, 0.25) is 0 Å². The number of carbonyl (C=O) groups is 1. The van der Waals surface area contributed by atoms with E-state index in [2.05, 4.69) is 41.8 Å². The third-order valence-corrected chi connectivity index (χ3v) is 4.29. The Balaban J connectivity index is 1.91. The van der Waals surface area contributed by atoms with Crippen molar-refractivity contribution >= 4 is 11.6 Å². The summed E-state index contributed by atoms with van der Waals surface area (Å²) in [7, 11) is 0. The number of carbonyl (C=O) groups excluding carboxylic acids is 1. The number of anilines is 1. The molecule has 1 heterocycles. The van der Waals surface area contributed by atoms with Crippen LogP contribution in [0.3, 0.4) is 0 Å². The molecule has 23 heavy (non-hydrogen) atoms. The predicted molar refractivity (Wildman–Crippen MR) is 91.5 cm³/mol. The third kappa shape index (κ3) is 3.37. The zero-order chi connectivity index (χ0) is 16.3. The summed E-state index contributed by atoms with van der Waals surface area (Å²) in [5.41, 5.74) is 3.31. The summed E-state index contributed by atoms with van der Waals surface area (Å²) in [4.78, 5) is 12.5. The van der Waals surface area contributed by atoms with Crippen molar-refractivity contribution in [2.75, 3.05) is 11.9 Å². The van der Waals surface area contributed by atoms with E-state index in [-0.39, 0.29) is 12.5 Å². The standard InChI is InChI=1S/C19H22N2O2/c1-14-7-9-15(10-8-14)13-19(11-4-12-22)20-17-6-3-2-5-16(17)18(23)21-19/h2-3,5-10,20,22H,4,11-13H2,1H3,(H,21,23). The summed E-state index contributed by atoms with van der Waals surface area (Å²) in [6.07, 6.45) is 1.96. The molecule has 1 atom stereocenters. The molecule has 2 aromatic rings. The van der Waals surface area contributed by atoms with Crippen LogP contribution >= 0.6 is 0 Å². The molecule has 1 unspecified atom stereocenters. The van der Waals surface area contributed by atoms with Gasteiger partial charge in [0.05, 0.1) is 5.56 Å². The molecular weight excluding hydrogens is 288 g/mol. The lowest BCUT2D eigenvalue weighted by Crippen LogP contribution is -2.59. The van der Waals surface area contributed by atoms with Gasteiger partial charge in [0.25, 0.3) is 5.91 Å². The summed E-state index contributed by atoms with van der Waals surface area (Å²) in [5, 5.41) is 15.9. The first-order valence-corrected chi connectivity index (χ1v) is 7.98. The van der Waals surface area contributed by atoms with Gasteiger partial charge in [0.15, 0.2) is 0 Å². The molecule has 2 aromatic carbocycles. The molecule has 1 amide bonds. The van der Waals surface area contributed by atoms with Crippen LogP contribution in [0.2, 0.25) is 0 Å². The van der Waals surface area contributed by atoms with E-state index in [0.29, 0.717) is 24.8 Å². The van der Waals surface area contributed by atoms with Gasteiger partial charge in [-0.15, -0.1) is 0 Å². The summed E-state index contributed by atoms with van der Waals surface area (Å²) in [6.45, 7) is 2.16. The molecule has 1 aliphatic rings. The van der Waals surface area contributed by atoms with Crippen molar-refractivity contribution in [2.24, 2.45) is 0 Å². The average molecular weight is 310 g/mol. The van der Waals surface area contributed by atoms with Gasteiger partial charge in [-0.3, -0.25) is 4.79 Å². The van der Waals surface area contributed by atoms with Crippen LogP contribution in [-0.2, 0) is 6.42 Å². The second-order valence-corrected chi connectivity index (χ2v) is 6.20. The van der Waals surface area contributed by atoms with Gasteiger partial charge in [-0.25, -0.2) is 0 Å². The van der Waals surface area contributed by atoms with Crippen molar-refractivity contribution in [1.82, 2.24) is 5.32 Å². The van der Waals surface area contributed by atoms with E-state index in [4.69, 9.17) is 0 Å². The molecule has 0 spiro atoms. The van der Waals surface area contributed by atoms with Gasteiger partial charge >= 0.3 is 0 Å². The lowest BCUT2D eigenvalue weighted by atomic mass is 9.90. The van der Waals surface area contributed by atoms with Crippen LogP contribution in [0.5, 0.6) is 0 Å². The highest BCUT2D eigenvalue weighted by molar-refractivity contribution is 6.02. The van der Waals surface area contributed by atoms with Crippen molar-refractivity contribution in [1.29, 1.82) is 0 Å². The second-order valence-electron chi connectivity index (χ2n) is 6.20. The largest absolute Gasteiger partial charge is 0.396 e. The Bertz CT molecular complexity index is 697. The monoisotopic (exact) mass is 310 g/mol. The SMILES string of the molecule is Cc1ccc(CC2(CCCO)NC(=O)c3ccccc3N2)cc1. The van der Waals surface area contributed by atoms with E-state index in [9.17, 15) is 9.90 Å². The third-order valence-electron chi connectivity index (χ3n) is 4.29. The highest BCUT2D eigenvalue weighted by Gasteiger charge is 2.36. The van der Waals surface area contributed by atoms with Gasteiger partial charge < -0.3 is 15.7 Å². The summed E-state index contributed by atoms with van der Waals surface area (Å²) in [5.74, 6) is -0.0654. The maximum atomic E-state index is 12.5. The van der Waals surface area contributed by atoms with Gasteiger partial charge in [0, 0.05) is 18.7 Å². The number of para-hydroxylation sites is 1. The van der Waals surface area contributed by atoms with Crippen molar-refractivity contribution in [3.8, 4) is 0 Å². The quantitative estimate of drug-likeness (QED) is 0.796. The lowest BCUT2D eigenvalue weighted by Gasteiger charge is -2.41. The van der Waals surface area contributed by atoms with E-state index in [1.807, 2.05) is 24.3 Å². The number of aliphatic hydroxyl groups excluding tert-OH is 1. The van der Waals surface area contributed by atoms with Crippen LogP contribution in [0.25, 0.3) is 0 Å². The van der Waals surface area contributed by atoms with Crippen LogP contribution in [0.4, 0.5) is 5.69 Å². The number of hydrogen-bond donors (Lipinski definition) is 3. The van der Waals surface area contributed by atoms with Gasteiger partial charge in [-0.05, 0) is 37.5 Å². The van der Waals surface area contributed by atoms with Crippen molar-refractivity contribution < 1.29 is 9.90 Å². The Labute approximate surface area is 136 Å². The minimum atomic E-state index is -0.566. The maximum Gasteiger partial charge on any atom is 0.255 e.